The van der Waals surface area contributed by atoms with Crippen LogP contribution in [0.3, 0.4) is 0 Å². The predicted molar refractivity (Wildman–Crippen MR) is 69.9 cm³/mol. The monoisotopic (exact) mass is 274 g/mol. The summed E-state index contributed by atoms with van der Waals surface area (Å²) in [5, 5.41) is 19.3. The molecule has 0 saturated carbocycles. The molecule has 5 heteroatoms. The van der Waals surface area contributed by atoms with Crippen molar-refractivity contribution in [3.63, 3.8) is 0 Å². The number of hydrogen-bond acceptors (Lipinski definition) is 5. The zero-order valence-electron chi connectivity index (χ0n) is 11.9. The second-order valence-electron chi connectivity index (χ2n) is 5.90. The summed E-state index contributed by atoms with van der Waals surface area (Å²) < 4.78 is 16.7. The van der Waals surface area contributed by atoms with E-state index >= 15 is 0 Å². The van der Waals surface area contributed by atoms with Crippen LogP contribution >= 0.6 is 0 Å². The fourth-order valence-corrected chi connectivity index (χ4v) is 2.92. The topological polar surface area (TPSA) is 68.2 Å². The average molecular weight is 274 g/mol. The van der Waals surface area contributed by atoms with Crippen molar-refractivity contribution < 1.29 is 24.4 Å². The summed E-state index contributed by atoms with van der Waals surface area (Å²) in [7, 11) is 0. The van der Waals surface area contributed by atoms with E-state index in [1.54, 1.807) is 0 Å². The molecule has 0 amide bonds. The lowest BCUT2D eigenvalue weighted by atomic mass is 9.75. The Balaban J connectivity index is 2.03. The first kappa shape index (κ1) is 15.2. The Bertz CT molecular complexity index is 247. The molecule has 5 nitrogen and oxygen atoms in total. The molecule has 0 bridgehead atoms. The van der Waals surface area contributed by atoms with Crippen LogP contribution in [0.4, 0.5) is 0 Å². The van der Waals surface area contributed by atoms with Gasteiger partial charge in [0.25, 0.3) is 0 Å². The third-order valence-corrected chi connectivity index (χ3v) is 4.99. The minimum atomic E-state index is -0.271. The van der Waals surface area contributed by atoms with Crippen molar-refractivity contribution in [3.05, 3.63) is 0 Å². The highest BCUT2D eigenvalue weighted by Crippen LogP contribution is 2.42. The third kappa shape index (κ3) is 2.54. The molecule has 0 aliphatic carbocycles. The van der Waals surface area contributed by atoms with Gasteiger partial charge in [0.1, 0.15) is 0 Å². The molecule has 0 radical (unpaired) electrons. The Morgan fingerprint density at radius 2 is 1.26 bits per heavy atom. The van der Waals surface area contributed by atoms with Crippen molar-refractivity contribution in [2.24, 2.45) is 10.8 Å². The quantitative estimate of drug-likeness (QED) is 0.677. The molecule has 2 heterocycles. The van der Waals surface area contributed by atoms with E-state index in [2.05, 4.69) is 13.8 Å². The Hall–Kier alpha value is -0.200. The molecule has 2 aliphatic rings. The van der Waals surface area contributed by atoms with Crippen molar-refractivity contribution in [3.8, 4) is 0 Å². The SMILES string of the molecule is CCC1(C(CO)OC(CO)C2(CC)COC2)COC1. The van der Waals surface area contributed by atoms with Gasteiger partial charge in [-0.2, -0.15) is 0 Å². The van der Waals surface area contributed by atoms with Crippen molar-refractivity contribution in [2.45, 2.75) is 38.9 Å². The largest absolute Gasteiger partial charge is 0.394 e. The minimum Gasteiger partial charge on any atom is -0.394 e. The highest BCUT2D eigenvalue weighted by atomic mass is 16.6. The standard InChI is InChI=1S/C14H26O5/c1-3-13(7-17-8-13)11(5-15)19-12(6-16)14(4-2)9-18-10-14/h11-12,15-16H,3-10H2,1-2H3. The van der Waals surface area contributed by atoms with E-state index in [1.807, 2.05) is 0 Å². The Morgan fingerprint density at radius 1 is 0.895 bits per heavy atom. The maximum atomic E-state index is 9.64. The van der Waals surface area contributed by atoms with Crippen molar-refractivity contribution >= 4 is 0 Å². The van der Waals surface area contributed by atoms with Gasteiger partial charge in [-0.3, -0.25) is 0 Å². The summed E-state index contributed by atoms with van der Waals surface area (Å²) in [5.41, 5.74) is -0.191. The molecule has 2 aliphatic heterocycles. The van der Waals surface area contributed by atoms with Crippen molar-refractivity contribution in [1.82, 2.24) is 0 Å². The second-order valence-corrected chi connectivity index (χ2v) is 5.90. The predicted octanol–water partition coefficient (Wildman–Crippen LogP) is 0.578. The number of aliphatic hydroxyl groups is 2. The summed E-state index contributed by atoms with van der Waals surface area (Å²) in [4.78, 5) is 0. The second kappa shape index (κ2) is 6.06. The maximum absolute atomic E-state index is 9.64. The van der Waals surface area contributed by atoms with E-state index in [9.17, 15) is 10.2 Å². The summed E-state index contributed by atoms with van der Waals surface area (Å²) in [6.07, 6.45) is 1.28. The fraction of sp³-hybridized carbons (Fsp3) is 1.00. The Kier molecular flexibility index (Phi) is 4.84. The van der Waals surface area contributed by atoms with Crippen molar-refractivity contribution in [1.29, 1.82) is 0 Å². The van der Waals surface area contributed by atoms with Crippen LogP contribution in [-0.2, 0) is 14.2 Å². The highest BCUT2D eigenvalue weighted by molar-refractivity contribution is 4.96. The lowest BCUT2D eigenvalue weighted by molar-refractivity contribution is -0.260. The summed E-state index contributed by atoms with van der Waals surface area (Å²) >= 11 is 0. The van der Waals surface area contributed by atoms with Gasteiger partial charge in [0, 0.05) is 10.8 Å². The molecular formula is C14H26O5. The van der Waals surface area contributed by atoms with Crippen LogP contribution in [0, 0.1) is 10.8 Å². The van der Waals surface area contributed by atoms with Gasteiger partial charge in [-0.1, -0.05) is 13.8 Å². The summed E-state index contributed by atoms with van der Waals surface area (Å²) in [5.74, 6) is 0. The van der Waals surface area contributed by atoms with Crippen molar-refractivity contribution in [2.75, 3.05) is 39.6 Å². The van der Waals surface area contributed by atoms with Crippen LogP contribution in [0.15, 0.2) is 0 Å². The van der Waals surface area contributed by atoms with Crippen LogP contribution < -0.4 is 0 Å². The number of rotatable bonds is 8. The van der Waals surface area contributed by atoms with E-state index in [-0.39, 0.29) is 36.3 Å². The molecule has 0 aromatic rings. The molecule has 0 spiro atoms. The minimum absolute atomic E-state index is 0.0334. The zero-order valence-corrected chi connectivity index (χ0v) is 11.9. The first-order chi connectivity index (χ1) is 9.16. The smallest absolute Gasteiger partial charge is 0.0911 e. The van der Waals surface area contributed by atoms with Crippen LogP contribution in [0.5, 0.6) is 0 Å². The van der Waals surface area contributed by atoms with E-state index in [0.29, 0.717) is 26.4 Å². The molecule has 19 heavy (non-hydrogen) atoms. The number of ether oxygens (including phenoxy) is 3. The third-order valence-electron chi connectivity index (χ3n) is 4.99. The van der Waals surface area contributed by atoms with E-state index < -0.39 is 0 Å². The molecule has 2 N–H and O–H groups in total. The maximum Gasteiger partial charge on any atom is 0.0911 e. The van der Waals surface area contributed by atoms with Crippen LogP contribution in [0.25, 0.3) is 0 Å². The Morgan fingerprint density at radius 3 is 1.42 bits per heavy atom. The first-order valence-electron chi connectivity index (χ1n) is 7.19. The van der Waals surface area contributed by atoms with Gasteiger partial charge in [-0.15, -0.1) is 0 Å². The number of hydrogen-bond donors (Lipinski definition) is 2. The normalized spacial score (nSPS) is 27.2. The summed E-state index contributed by atoms with van der Waals surface area (Å²) in [6.45, 7) is 6.62. The van der Waals surface area contributed by atoms with Gasteiger partial charge in [0.2, 0.25) is 0 Å². The first-order valence-corrected chi connectivity index (χ1v) is 7.19. The molecule has 2 atom stereocenters. The molecular weight excluding hydrogens is 248 g/mol. The fourth-order valence-electron chi connectivity index (χ4n) is 2.92. The van der Waals surface area contributed by atoms with Crippen LogP contribution in [0.1, 0.15) is 26.7 Å². The van der Waals surface area contributed by atoms with E-state index in [0.717, 1.165) is 12.8 Å². The van der Waals surface area contributed by atoms with Gasteiger partial charge >= 0.3 is 0 Å². The molecule has 2 rings (SSSR count). The lowest BCUT2D eigenvalue weighted by Gasteiger charge is -2.51. The van der Waals surface area contributed by atoms with Crippen LogP contribution in [-0.4, -0.2) is 62.1 Å². The molecule has 2 fully saturated rings. The molecule has 0 aromatic heterocycles. The molecule has 112 valence electrons. The van der Waals surface area contributed by atoms with E-state index in [4.69, 9.17) is 14.2 Å². The lowest BCUT2D eigenvalue weighted by Crippen LogP contribution is -2.59. The van der Waals surface area contributed by atoms with E-state index in [1.165, 1.54) is 0 Å². The van der Waals surface area contributed by atoms with Gasteiger partial charge in [-0.25, -0.2) is 0 Å². The summed E-state index contributed by atoms with van der Waals surface area (Å²) in [6, 6.07) is 0. The molecule has 2 saturated heterocycles. The van der Waals surface area contributed by atoms with Gasteiger partial charge in [0.15, 0.2) is 0 Å². The number of aliphatic hydroxyl groups excluding tert-OH is 2. The molecule has 2 unspecified atom stereocenters. The average Bonchev–Trinajstić information content (AvgIpc) is 2.33. The van der Waals surface area contributed by atoms with Crippen LogP contribution in [0.2, 0.25) is 0 Å². The van der Waals surface area contributed by atoms with Gasteiger partial charge in [0.05, 0.1) is 51.8 Å². The highest BCUT2D eigenvalue weighted by Gasteiger charge is 2.50. The Labute approximate surface area is 114 Å². The van der Waals surface area contributed by atoms with Gasteiger partial charge in [-0.05, 0) is 12.8 Å². The van der Waals surface area contributed by atoms with Gasteiger partial charge < -0.3 is 24.4 Å². The zero-order chi connectivity index (χ0) is 13.9. The molecule has 0 aromatic carbocycles.